The fraction of sp³-hybridized carbons (Fsp3) is 0.321. The third-order valence-electron chi connectivity index (χ3n) is 6.97. The van der Waals surface area contributed by atoms with Gasteiger partial charge in [0.1, 0.15) is 5.82 Å². The Hall–Kier alpha value is -2.14. The molecule has 3 aromatic rings. The fourth-order valence-corrected chi connectivity index (χ4v) is 7.34. The number of halogens is 2. The Morgan fingerprint density at radius 2 is 1.64 bits per heavy atom. The third kappa shape index (κ3) is 4.62. The number of piperidine rings is 1. The van der Waals surface area contributed by atoms with Gasteiger partial charge in [-0.3, -0.25) is 4.79 Å². The van der Waals surface area contributed by atoms with Crippen molar-refractivity contribution in [1.82, 2.24) is 4.90 Å². The summed E-state index contributed by atoms with van der Waals surface area (Å²) in [6, 6.07) is 22.9. The molecule has 0 aromatic heterocycles. The average molecular weight is 480 g/mol. The van der Waals surface area contributed by atoms with Gasteiger partial charge in [-0.2, -0.15) is 0 Å². The standard InChI is InChI=1S/C28H27ClFNOS/c29-25-9-4-2-7-23(25)27-22-6-1-3-8-24(22)28(33-27)15-18-31(19-16-28)17-5-10-26(32)20-11-13-21(30)14-12-20/h1-4,6-9,11-14,27H,5,10,15-19H2. The monoisotopic (exact) mass is 479 g/mol. The van der Waals surface area contributed by atoms with E-state index < -0.39 is 0 Å². The molecule has 0 aliphatic carbocycles. The maximum absolute atomic E-state index is 13.1. The van der Waals surface area contributed by atoms with E-state index in [2.05, 4.69) is 53.1 Å². The molecule has 2 aliphatic rings. The molecule has 0 amide bonds. The summed E-state index contributed by atoms with van der Waals surface area (Å²) in [6.45, 7) is 2.98. The highest BCUT2D eigenvalue weighted by Gasteiger charge is 2.46. The van der Waals surface area contributed by atoms with E-state index in [-0.39, 0.29) is 21.6 Å². The minimum Gasteiger partial charge on any atom is -0.303 e. The number of hydrogen-bond acceptors (Lipinski definition) is 3. The molecule has 0 N–H and O–H groups in total. The number of ketones is 1. The van der Waals surface area contributed by atoms with E-state index in [0.29, 0.717) is 12.0 Å². The van der Waals surface area contributed by atoms with E-state index in [0.717, 1.165) is 43.9 Å². The van der Waals surface area contributed by atoms with E-state index in [9.17, 15) is 9.18 Å². The van der Waals surface area contributed by atoms with Crippen molar-refractivity contribution in [2.75, 3.05) is 19.6 Å². The zero-order chi connectivity index (χ0) is 22.8. The van der Waals surface area contributed by atoms with Crippen molar-refractivity contribution in [3.05, 3.63) is 106 Å². The summed E-state index contributed by atoms with van der Waals surface area (Å²) in [5.41, 5.74) is 4.66. The van der Waals surface area contributed by atoms with Crippen LogP contribution in [0.25, 0.3) is 0 Å². The Kier molecular flexibility index (Phi) is 6.60. The van der Waals surface area contributed by atoms with Gasteiger partial charge in [0.2, 0.25) is 0 Å². The van der Waals surface area contributed by atoms with Crippen LogP contribution in [-0.2, 0) is 4.75 Å². The Bertz CT molecular complexity index is 1140. The van der Waals surface area contributed by atoms with Crippen LogP contribution >= 0.6 is 23.4 Å². The van der Waals surface area contributed by atoms with Gasteiger partial charge in [-0.25, -0.2) is 4.39 Å². The number of benzene rings is 3. The predicted molar refractivity (Wildman–Crippen MR) is 135 cm³/mol. The number of likely N-dealkylation sites (tertiary alicyclic amines) is 1. The smallest absolute Gasteiger partial charge is 0.162 e. The topological polar surface area (TPSA) is 20.3 Å². The first kappa shape index (κ1) is 22.6. The van der Waals surface area contributed by atoms with Crippen molar-refractivity contribution < 1.29 is 9.18 Å². The van der Waals surface area contributed by atoms with Gasteiger partial charge in [0.25, 0.3) is 0 Å². The van der Waals surface area contributed by atoms with Crippen LogP contribution in [0.3, 0.4) is 0 Å². The van der Waals surface area contributed by atoms with Crippen LogP contribution in [0.5, 0.6) is 0 Å². The van der Waals surface area contributed by atoms with E-state index in [1.807, 2.05) is 12.1 Å². The minimum atomic E-state index is -0.308. The molecular formula is C28H27ClFNOS. The molecule has 0 bridgehead atoms. The van der Waals surface area contributed by atoms with Crippen molar-refractivity contribution in [1.29, 1.82) is 0 Å². The Morgan fingerprint density at radius 3 is 2.36 bits per heavy atom. The van der Waals surface area contributed by atoms with Gasteiger partial charge in [-0.1, -0.05) is 54.1 Å². The molecule has 3 aromatic carbocycles. The normalized spacial score (nSPS) is 19.5. The molecule has 0 radical (unpaired) electrons. The number of carbonyl (C=O) groups excluding carboxylic acids is 1. The molecule has 5 heteroatoms. The van der Waals surface area contributed by atoms with Crippen LogP contribution in [0.1, 0.15) is 58.0 Å². The van der Waals surface area contributed by atoms with Crippen LogP contribution in [0.4, 0.5) is 4.39 Å². The Morgan fingerprint density at radius 1 is 0.970 bits per heavy atom. The van der Waals surface area contributed by atoms with Crippen LogP contribution in [0.2, 0.25) is 5.02 Å². The highest BCUT2D eigenvalue weighted by molar-refractivity contribution is 8.01. The van der Waals surface area contributed by atoms with Gasteiger partial charge >= 0.3 is 0 Å². The molecule has 0 saturated carbocycles. The van der Waals surface area contributed by atoms with Gasteiger partial charge < -0.3 is 4.90 Å². The summed E-state index contributed by atoms with van der Waals surface area (Å²) in [7, 11) is 0. The fourth-order valence-electron chi connectivity index (χ4n) is 5.18. The lowest BCUT2D eigenvalue weighted by Crippen LogP contribution is -2.40. The first-order chi connectivity index (χ1) is 16.1. The number of thioether (sulfide) groups is 1. The maximum Gasteiger partial charge on any atom is 0.162 e. The van der Waals surface area contributed by atoms with E-state index in [1.54, 1.807) is 12.1 Å². The molecule has 1 fully saturated rings. The largest absolute Gasteiger partial charge is 0.303 e. The number of carbonyl (C=O) groups is 1. The minimum absolute atomic E-state index is 0.0892. The first-order valence-electron chi connectivity index (χ1n) is 11.6. The molecule has 5 rings (SSSR count). The number of nitrogens with zero attached hydrogens (tertiary/aromatic N) is 1. The predicted octanol–water partition coefficient (Wildman–Crippen LogP) is 7.27. The van der Waals surface area contributed by atoms with Crippen molar-refractivity contribution in [3.63, 3.8) is 0 Å². The van der Waals surface area contributed by atoms with Gasteiger partial charge in [-0.05, 0) is 85.9 Å². The zero-order valence-corrected chi connectivity index (χ0v) is 20.0. The molecule has 2 nitrogen and oxygen atoms in total. The second-order valence-electron chi connectivity index (χ2n) is 8.98. The van der Waals surface area contributed by atoms with Crippen molar-refractivity contribution in [3.8, 4) is 0 Å². The summed E-state index contributed by atoms with van der Waals surface area (Å²) in [4.78, 5) is 14.9. The lowest BCUT2D eigenvalue weighted by atomic mass is 9.84. The summed E-state index contributed by atoms with van der Waals surface area (Å²) in [5, 5.41) is 1.11. The molecule has 1 atom stereocenters. The van der Waals surface area contributed by atoms with E-state index in [4.69, 9.17) is 11.6 Å². The average Bonchev–Trinajstić information content (AvgIpc) is 3.15. The lowest BCUT2D eigenvalue weighted by Gasteiger charge is -2.40. The van der Waals surface area contributed by atoms with Crippen molar-refractivity contribution >= 4 is 29.1 Å². The zero-order valence-electron chi connectivity index (χ0n) is 18.5. The first-order valence-corrected chi connectivity index (χ1v) is 12.8. The number of Topliss-reactive ketones (excluding diaryl/α,β-unsaturated/α-hetero) is 1. The number of rotatable bonds is 6. The second-order valence-corrected chi connectivity index (χ2v) is 10.9. The van der Waals surface area contributed by atoms with Crippen molar-refractivity contribution in [2.24, 2.45) is 0 Å². The molecule has 2 heterocycles. The summed E-state index contributed by atoms with van der Waals surface area (Å²) < 4.78 is 13.2. The quantitative estimate of drug-likeness (QED) is 0.347. The maximum atomic E-state index is 13.1. The molecule has 170 valence electrons. The number of fused-ring (bicyclic) bond motifs is 2. The van der Waals surface area contributed by atoms with Gasteiger partial charge in [0.05, 0.1) is 5.25 Å². The highest BCUT2D eigenvalue weighted by Crippen LogP contribution is 2.61. The summed E-state index contributed by atoms with van der Waals surface area (Å²) >= 11 is 8.65. The van der Waals surface area contributed by atoms with Gasteiger partial charge in [0, 0.05) is 21.8 Å². The number of hydrogen-bond donors (Lipinski definition) is 0. The summed E-state index contributed by atoms with van der Waals surface area (Å²) in [6.07, 6.45) is 3.53. The molecule has 2 aliphatic heterocycles. The molecule has 33 heavy (non-hydrogen) atoms. The van der Waals surface area contributed by atoms with Gasteiger partial charge in [-0.15, -0.1) is 11.8 Å². The van der Waals surface area contributed by atoms with Crippen LogP contribution in [-0.4, -0.2) is 30.3 Å². The summed E-state index contributed by atoms with van der Waals surface area (Å²) in [5.74, 6) is -0.219. The third-order valence-corrected chi connectivity index (χ3v) is 9.14. The Balaban J connectivity index is 1.21. The van der Waals surface area contributed by atoms with Crippen LogP contribution < -0.4 is 0 Å². The Labute approximate surface area is 204 Å². The van der Waals surface area contributed by atoms with Crippen molar-refractivity contribution in [2.45, 2.75) is 35.7 Å². The van der Waals surface area contributed by atoms with Crippen LogP contribution in [0, 0.1) is 5.82 Å². The molecule has 1 spiro atoms. The molecule has 1 unspecified atom stereocenters. The second kappa shape index (κ2) is 9.61. The van der Waals surface area contributed by atoms with E-state index >= 15 is 0 Å². The lowest BCUT2D eigenvalue weighted by molar-refractivity contribution is 0.0971. The highest BCUT2D eigenvalue weighted by atomic mass is 35.5. The molecular weight excluding hydrogens is 453 g/mol. The van der Waals surface area contributed by atoms with Gasteiger partial charge in [0.15, 0.2) is 5.78 Å². The van der Waals surface area contributed by atoms with E-state index in [1.165, 1.54) is 28.8 Å². The molecule has 1 saturated heterocycles. The SMILES string of the molecule is O=C(CCCN1CCC2(CC1)SC(c1ccccc1Cl)c1ccccc12)c1ccc(F)cc1. The van der Waals surface area contributed by atoms with Crippen LogP contribution in [0.15, 0.2) is 72.8 Å².